The van der Waals surface area contributed by atoms with Crippen molar-refractivity contribution >= 4 is 0 Å². The molecule has 2 fully saturated rings. The van der Waals surface area contributed by atoms with E-state index in [1.165, 1.54) is 30.4 Å². The molecule has 1 saturated heterocycles. The normalized spacial score (nSPS) is 31.5. The van der Waals surface area contributed by atoms with Crippen molar-refractivity contribution in [2.45, 2.75) is 50.1 Å². The van der Waals surface area contributed by atoms with Crippen molar-refractivity contribution in [2.24, 2.45) is 5.92 Å². The average molecular weight is 307 g/mol. The molecule has 1 N–H and O–H groups in total. The van der Waals surface area contributed by atoms with E-state index in [0.29, 0.717) is 17.9 Å². The summed E-state index contributed by atoms with van der Waals surface area (Å²) in [6.45, 7) is 0. The van der Waals surface area contributed by atoms with E-state index >= 15 is 0 Å². The number of piperidine rings is 1. The second kappa shape index (κ2) is 6.46. The second-order valence-corrected chi connectivity index (χ2v) is 7.08. The molecular formula is C21H25NO. The summed E-state index contributed by atoms with van der Waals surface area (Å²) in [4.78, 5) is 0. The zero-order chi connectivity index (χ0) is 15.6. The first-order valence-electron chi connectivity index (χ1n) is 8.91. The quantitative estimate of drug-likeness (QED) is 0.828. The standard InChI is InChI=1S/C21H25NO/c23-22-20-14-8-7-13-18(20)19(16-9-3-1-4-10-16)15-21(22)17-11-5-2-6-12-17/h1-6,9-12,18-21,23H,7-8,13-15H2/t18-,19?,20+,21?/m1/s1. The molecule has 0 aromatic heterocycles. The summed E-state index contributed by atoms with van der Waals surface area (Å²) < 4.78 is 0. The Balaban J connectivity index is 1.70. The average Bonchev–Trinajstić information content (AvgIpc) is 2.64. The molecule has 0 spiro atoms. The predicted molar refractivity (Wildman–Crippen MR) is 92.4 cm³/mol. The zero-order valence-corrected chi connectivity index (χ0v) is 13.5. The van der Waals surface area contributed by atoms with E-state index in [0.717, 1.165) is 12.8 Å². The molecule has 1 aliphatic heterocycles. The Kier molecular flexibility index (Phi) is 4.19. The van der Waals surface area contributed by atoms with Crippen molar-refractivity contribution in [2.75, 3.05) is 0 Å². The molecule has 2 aromatic rings. The van der Waals surface area contributed by atoms with Gasteiger partial charge < -0.3 is 5.21 Å². The lowest BCUT2D eigenvalue weighted by molar-refractivity contribution is -0.207. The summed E-state index contributed by atoms with van der Waals surface area (Å²) in [5.41, 5.74) is 2.68. The first kappa shape index (κ1) is 14.9. The van der Waals surface area contributed by atoms with E-state index in [2.05, 4.69) is 54.6 Å². The predicted octanol–water partition coefficient (Wildman–Crippen LogP) is 5.17. The van der Waals surface area contributed by atoms with Gasteiger partial charge in [0.1, 0.15) is 0 Å². The van der Waals surface area contributed by atoms with Crippen LogP contribution in [0.1, 0.15) is 55.2 Å². The van der Waals surface area contributed by atoms with Gasteiger partial charge in [-0.05, 0) is 42.2 Å². The van der Waals surface area contributed by atoms with Gasteiger partial charge in [-0.15, -0.1) is 0 Å². The van der Waals surface area contributed by atoms with E-state index in [4.69, 9.17) is 0 Å². The SMILES string of the molecule is ON1C(c2ccccc2)CC(c2ccccc2)[C@H]2CCCC[C@@H]21. The van der Waals surface area contributed by atoms with Crippen LogP contribution in [-0.2, 0) is 0 Å². The number of fused-ring (bicyclic) bond motifs is 1. The topological polar surface area (TPSA) is 23.5 Å². The molecule has 1 aliphatic carbocycles. The van der Waals surface area contributed by atoms with Gasteiger partial charge in [0.15, 0.2) is 0 Å². The van der Waals surface area contributed by atoms with Crippen LogP contribution < -0.4 is 0 Å². The lowest BCUT2D eigenvalue weighted by Crippen LogP contribution is -2.49. The molecule has 0 radical (unpaired) electrons. The monoisotopic (exact) mass is 307 g/mol. The Morgan fingerprint density at radius 1 is 0.783 bits per heavy atom. The number of hydrogen-bond donors (Lipinski definition) is 1. The van der Waals surface area contributed by atoms with Gasteiger partial charge in [-0.25, -0.2) is 0 Å². The molecule has 2 aromatic carbocycles. The molecule has 120 valence electrons. The van der Waals surface area contributed by atoms with Crippen molar-refractivity contribution in [1.82, 2.24) is 5.06 Å². The maximum Gasteiger partial charge on any atom is 0.0608 e. The van der Waals surface area contributed by atoms with Gasteiger partial charge >= 0.3 is 0 Å². The first-order valence-corrected chi connectivity index (χ1v) is 8.91. The fourth-order valence-electron chi connectivity index (χ4n) is 4.74. The Morgan fingerprint density at radius 2 is 1.39 bits per heavy atom. The molecule has 4 rings (SSSR count). The Bertz CT molecular complexity index is 627. The Morgan fingerprint density at radius 3 is 2.09 bits per heavy atom. The smallest absolute Gasteiger partial charge is 0.0608 e. The van der Waals surface area contributed by atoms with Crippen LogP contribution in [0.3, 0.4) is 0 Å². The third-order valence-electron chi connectivity index (χ3n) is 5.85. The highest BCUT2D eigenvalue weighted by Gasteiger charge is 2.44. The largest absolute Gasteiger partial charge is 0.313 e. The summed E-state index contributed by atoms with van der Waals surface area (Å²) in [6.07, 6.45) is 5.90. The highest BCUT2D eigenvalue weighted by Crippen LogP contribution is 2.49. The van der Waals surface area contributed by atoms with Crippen LogP contribution in [0.5, 0.6) is 0 Å². The van der Waals surface area contributed by atoms with Gasteiger partial charge in [0.05, 0.1) is 6.04 Å². The van der Waals surface area contributed by atoms with Gasteiger partial charge in [-0.3, -0.25) is 0 Å². The number of benzene rings is 2. The fraction of sp³-hybridized carbons (Fsp3) is 0.429. The van der Waals surface area contributed by atoms with Crippen LogP contribution in [0.25, 0.3) is 0 Å². The number of nitrogens with zero attached hydrogens (tertiary/aromatic N) is 1. The van der Waals surface area contributed by atoms with Gasteiger partial charge in [0.25, 0.3) is 0 Å². The highest BCUT2D eigenvalue weighted by atomic mass is 16.5. The van der Waals surface area contributed by atoms with Crippen molar-refractivity contribution in [3.8, 4) is 0 Å². The molecule has 2 nitrogen and oxygen atoms in total. The number of hydroxylamine groups is 2. The van der Waals surface area contributed by atoms with E-state index in [1.54, 1.807) is 5.06 Å². The van der Waals surface area contributed by atoms with Crippen LogP contribution in [0, 0.1) is 5.92 Å². The molecule has 4 atom stereocenters. The number of rotatable bonds is 2. The minimum Gasteiger partial charge on any atom is -0.313 e. The van der Waals surface area contributed by atoms with Crippen LogP contribution in [0.4, 0.5) is 0 Å². The molecule has 2 unspecified atom stereocenters. The van der Waals surface area contributed by atoms with E-state index in [9.17, 15) is 5.21 Å². The molecule has 2 heteroatoms. The second-order valence-electron chi connectivity index (χ2n) is 7.08. The van der Waals surface area contributed by atoms with Gasteiger partial charge in [-0.1, -0.05) is 73.5 Å². The summed E-state index contributed by atoms with van der Waals surface area (Å²) >= 11 is 0. The minimum atomic E-state index is 0.112. The van der Waals surface area contributed by atoms with Gasteiger partial charge in [0, 0.05) is 6.04 Å². The minimum absolute atomic E-state index is 0.112. The van der Waals surface area contributed by atoms with Crippen LogP contribution in [0.15, 0.2) is 60.7 Å². The molecular weight excluding hydrogens is 282 g/mol. The summed E-state index contributed by atoms with van der Waals surface area (Å²) in [6, 6.07) is 21.8. The third kappa shape index (κ3) is 2.82. The van der Waals surface area contributed by atoms with E-state index < -0.39 is 0 Å². The van der Waals surface area contributed by atoms with Gasteiger partial charge in [0.2, 0.25) is 0 Å². The lowest BCUT2D eigenvalue weighted by atomic mass is 9.67. The van der Waals surface area contributed by atoms with Crippen molar-refractivity contribution < 1.29 is 5.21 Å². The molecule has 0 bridgehead atoms. The first-order chi connectivity index (χ1) is 11.3. The fourth-order valence-corrected chi connectivity index (χ4v) is 4.74. The third-order valence-corrected chi connectivity index (χ3v) is 5.85. The maximum absolute atomic E-state index is 10.9. The Labute approximate surface area is 138 Å². The zero-order valence-electron chi connectivity index (χ0n) is 13.5. The Hall–Kier alpha value is -1.64. The van der Waals surface area contributed by atoms with Crippen LogP contribution in [-0.4, -0.2) is 16.3 Å². The maximum atomic E-state index is 10.9. The number of hydrogen-bond acceptors (Lipinski definition) is 2. The molecule has 1 saturated carbocycles. The molecule has 2 aliphatic rings. The molecule has 1 heterocycles. The summed E-state index contributed by atoms with van der Waals surface area (Å²) in [5, 5.41) is 12.6. The molecule has 0 amide bonds. The van der Waals surface area contributed by atoms with Gasteiger partial charge in [-0.2, -0.15) is 5.06 Å². The highest BCUT2D eigenvalue weighted by molar-refractivity contribution is 5.26. The van der Waals surface area contributed by atoms with Crippen molar-refractivity contribution in [3.05, 3.63) is 71.8 Å². The lowest BCUT2D eigenvalue weighted by Gasteiger charge is -2.49. The molecule has 23 heavy (non-hydrogen) atoms. The van der Waals surface area contributed by atoms with E-state index in [1.807, 2.05) is 6.07 Å². The van der Waals surface area contributed by atoms with Crippen LogP contribution >= 0.6 is 0 Å². The van der Waals surface area contributed by atoms with E-state index in [-0.39, 0.29) is 6.04 Å². The van der Waals surface area contributed by atoms with Crippen molar-refractivity contribution in [3.63, 3.8) is 0 Å². The van der Waals surface area contributed by atoms with Crippen LogP contribution in [0.2, 0.25) is 0 Å². The summed E-state index contributed by atoms with van der Waals surface area (Å²) in [7, 11) is 0. The summed E-state index contributed by atoms with van der Waals surface area (Å²) in [5.74, 6) is 1.13. The van der Waals surface area contributed by atoms with Crippen molar-refractivity contribution in [1.29, 1.82) is 0 Å².